The number of nitrogens with two attached hydrogens (primary N) is 1. The minimum Gasteiger partial charge on any atom is -0.359 e. The van der Waals surface area contributed by atoms with E-state index in [1.165, 1.54) is 43.2 Å². The number of aromatic nitrogens is 1. The molecule has 0 bridgehead atoms. The van der Waals surface area contributed by atoms with Crippen LogP contribution in [0.5, 0.6) is 0 Å². The van der Waals surface area contributed by atoms with Gasteiger partial charge < -0.3 is 10.6 Å². The van der Waals surface area contributed by atoms with Crippen LogP contribution >= 0.6 is 0 Å². The van der Waals surface area contributed by atoms with E-state index in [9.17, 15) is 0 Å². The van der Waals surface area contributed by atoms with E-state index in [2.05, 4.69) is 31.9 Å². The summed E-state index contributed by atoms with van der Waals surface area (Å²) in [6.07, 6.45) is 6.93. The fourth-order valence-corrected chi connectivity index (χ4v) is 3.26. The number of hydrogen-bond acceptors (Lipinski definition) is 3. The summed E-state index contributed by atoms with van der Waals surface area (Å²) in [5.74, 6) is 1.91. The van der Waals surface area contributed by atoms with Crippen LogP contribution in [0.4, 0.5) is 5.82 Å². The fourth-order valence-electron chi connectivity index (χ4n) is 3.26. The van der Waals surface area contributed by atoms with Crippen molar-refractivity contribution in [2.24, 2.45) is 11.7 Å². The van der Waals surface area contributed by atoms with E-state index in [4.69, 9.17) is 10.7 Å². The lowest BCUT2D eigenvalue weighted by molar-refractivity contribution is 0.361. The van der Waals surface area contributed by atoms with Gasteiger partial charge in [-0.3, -0.25) is 0 Å². The Morgan fingerprint density at radius 3 is 2.58 bits per heavy atom. The Morgan fingerprint density at radius 1 is 1.26 bits per heavy atom. The number of nitrogens with zero attached hydrogens (tertiary/aromatic N) is 2. The molecule has 1 saturated carbocycles. The third kappa shape index (κ3) is 3.47. The van der Waals surface area contributed by atoms with Gasteiger partial charge in [0.15, 0.2) is 0 Å². The highest BCUT2D eigenvalue weighted by molar-refractivity contribution is 5.51. The summed E-state index contributed by atoms with van der Waals surface area (Å²) < 4.78 is 0. The Labute approximate surface area is 117 Å². The van der Waals surface area contributed by atoms with Crippen LogP contribution in [-0.4, -0.2) is 18.6 Å². The molecule has 1 heterocycles. The van der Waals surface area contributed by atoms with E-state index >= 15 is 0 Å². The molecule has 1 aromatic heterocycles. The lowest BCUT2D eigenvalue weighted by Crippen LogP contribution is -2.29. The van der Waals surface area contributed by atoms with Crippen molar-refractivity contribution < 1.29 is 0 Å². The summed E-state index contributed by atoms with van der Waals surface area (Å²) in [7, 11) is 2.16. The van der Waals surface area contributed by atoms with Crippen LogP contribution in [0.15, 0.2) is 6.07 Å². The smallest absolute Gasteiger partial charge is 0.133 e. The highest BCUT2D eigenvalue weighted by Gasteiger charge is 2.18. The van der Waals surface area contributed by atoms with Gasteiger partial charge in [-0.25, -0.2) is 4.98 Å². The van der Waals surface area contributed by atoms with Gasteiger partial charge in [-0.05, 0) is 44.2 Å². The van der Waals surface area contributed by atoms with Crippen molar-refractivity contribution in [1.29, 1.82) is 0 Å². The number of rotatable bonds is 4. The molecule has 3 heteroatoms. The number of anilines is 1. The van der Waals surface area contributed by atoms with Crippen LogP contribution in [0.3, 0.4) is 0 Å². The zero-order chi connectivity index (χ0) is 13.8. The van der Waals surface area contributed by atoms with Crippen LogP contribution in [0.25, 0.3) is 0 Å². The van der Waals surface area contributed by atoms with Crippen molar-refractivity contribution in [2.45, 2.75) is 52.5 Å². The maximum Gasteiger partial charge on any atom is 0.133 e. The first-order valence-electron chi connectivity index (χ1n) is 7.50. The van der Waals surface area contributed by atoms with Gasteiger partial charge in [0, 0.05) is 31.4 Å². The van der Waals surface area contributed by atoms with Crippen molar-refractivity contribution in [2.75, 3.05) is 18.5 Å². The molecule has 0 unspecified atom stereocenters. The van der Waals surface area contributed by atoms with Crippen LogP contribution in [0, 0.1) is 19.8 Å². The van der Waals surface area contributed by atoms with Crippen molar-refractivity contribution in [3.8, 4) is 0 Å². The Hall–Kier alpha value is -1.09. The van der Waals surface area contributed by atoms with Gasteiger partial charge in [-0.15, -0.1) is 0 Å². The molecule has 2 N–H and O–H groups in total. The molecule has 106 valence electrons. The third-order valence-corrected chi connectivity index (χ3v) is 4.28. The van der Waals surface area contributed by atoms with Crippen molar-refractivity contribution >= 4 is 5.82 Å². The van der Waals surface area contributed by atoms with Crippen LogP contribution in [-0.2, 0) is 6.54 Å². The molecule has 0 radical (unpaired) electrons. The molecule has 0 aromatic carbocycles. The van der Waals surface area contributed by atoms with Gasteiger partial charge in [0.1, 0.15) is 5.82 Å². The molecule has 0 atom stereocenters. The van der Waals surface area contributed by atoms with Gasteiger partial charge >= 0.3 is 0 Å². The second kappa shape index (κ2) is 6.38. The van der Waals surface area contributed by atoms with Gasteiger partial charge in [-0.2, -0.15) is 0 Å². The molecule has 1 fully saturated rings. The molecule has 1 aromatic rings. The summed E-state index contributed by atoms with van der Waals surface area (Å²) in [5, 5.41) is 0. The largest absolute Gasteiger partial charge is 0.359 e. The highest BCUT2D eigenvalue weighted by Crippen LogP contribution is 2.27. The SMILES string of the molecule is Cc1cc(C)c(CN)c(N(C)CC2CCCCC2)n1. The Bertz CT molecular complexity index is 422. The van der Waals surface area contributed by atoms with E-state index in [1.807, 2.05) is 0 Å². The molecule has 1 aliphatic rings. The Morgan fingerprint density at radius 2 is 1.95 bits per heavy atom. The van der Waals surface area contributed by atoms with E-state index in [-0.39, 0.29) is 0 Å². The predicted molar refractivity (Wildman–Crippen MR) is 81.4 cm³/mol. The van der Waals surface area contributed by atoms with E-state index in [0.29, 0.717) is 6.54 Å². The van der Waals surface area contributed by atoms with Gasteiger partial charge in [-0.1, -0.05) is 19.3 Å². The van der Waals surface area contributed by atoms with Crippen molar-refractivity contribution in [3.63, 3.8) is 0 Å². The monoisotopic (exact) mass is 261 g/mol. The number of pyridine rings is 1. The molecule has 2 rings (SSSR count). The normalized spacial score (nSPS) is 16.6. The summed E-state index contributed by atoms with van der Waals surface area (Å²) in [6.45, 7) is 5.88. The average Bonchev–Trinajstić information content (AvgIpc) is 2.39. The van der Waals surface area contributed by atoms with Gasteiger partial charge in [0.05, 0.1) is 0 Å². The average molecular weight is 261 g/mol. The molecule has 1 aliphatic carbocycles. The second-order valence-electron chi connectivity index (χ2n) is 5.97. The summed E-state index contributed by atoms with van der Waals surface area (Å²) in [6, 6.07) is 2.13. The summed E-state index contributed by atoms with van der Waals surface area (Å²) in [5.41, 5.74) is 9.45. The van der Waals surface area contributed by atoms with Crippen LogP contribution in [0.2, 0.25) is 0 Å². The number of hydrogen-bond donors (Lipinski definition) is 1. The summed E-state index contributed by atoms with van der Waals surface area (Å²) >= 11 is 0. The third-order valence-electron chi connectivity index (χ3n) is 4.28. The Kier molecular flexibility index (Phi) is 4.81. The topological polar surface area (TPSA) is 42.1 Å². The van der Waals surface area contributed by atoms with Crippen LogP contribution in [0.1, 0.15) is 48.9 Å². The molecule has 0 spiro atoms. The zero-order valence-electron chi connectivity index (χ0n) is 12.6. The molecule has 0 amide bonds. The zero-order valence-corrected chi connectivity index (χ0v) is 12.6. The maximum atomic E-state index is 5.91. The first-order chi connectivity index (χ1) is 9.11. The molecular weight excluding hydrogens is 234 g/mol. The highest BCUT2D eigenvalue weighted by atomic mass is 15.2. The van der Waals surface area contributed by atoms with Crippen molar-refractivity contribution in [3.05, 3.63) is 22.9 Å². The lowest BCUT2D eigenvalue weighted by Gasteiger charge is -2.29. The molecule has 0 aliphatic heterocycles. The molecule has 0 saturated heterocycles. The minimum atomic E-state index is 0.573. The second-order valence-corrected chi connectivity index (χ2v) is 5.97. The number of aryl methyl sites for hydroxylation is 2. The van der Waals surface area contributed by atoms with E-state index in [1.54, 1.807) is 0 Å². The first kappa shape index (κ1) is 14.3. The van der Waals surface area contributed by atoms with Crippen LogP contribution < -0.4 is 10.6 Å². The van der Waals surface area contributed by atoms with Gasteiger partial charge in [0.25, 0.3) is 0 Å². The van der Waals surface area contributed by atoms with E-state index < -0.39 is 0 Å². The quantitative estimate of drug-likeness (QED) is 0.905. The predicted octanol–water partition coefficient (Wildman–Crippen LogP) is 3.17. The summed E-state index contributed by atoms with van der Waals surface area (Å²) in [4.78, 5) is 7.03. The maximum absolute atomic E-state index is 5.91. The van der Waals surface area contributed by atoms with Gasteiger partial charge in [0.2, 0.25) is 0 Å². The molecule has 19 heavy (non-hydrogen) atoms. The Balaban J connectivity index is 2.15. The molecular formula is C16H27N3. The first-order valence-corrected chi connectivity index (χ1v) is 7.50. The minimum absolute atomic E-state index is 0.573. The van der Waals surface area contributed by atoms with Crippen molar-refractivity contribution in [1.82, 2.24) is 4.98 Å². The standard InChI is InChI=1S/C16H27N3/c1-12-9-13(2)18-16(15(12)10-17)19(3)11-14-7-5-4-6-8-14/h9,14H,4-8,10-11,17H2,1-3H3. The lowest BCUT2D eigenvalue weighted by atomic mass is 9.89. The van der Waals surface area contributed by atoms with E-state index in [0.717, 1.165) is 24.0 Å². The fraction of sp³-hybridized carbons (Fsp3) is 0.688. The molecule has 3 nitrogen and oxygen atoms in total.